The first kappa shape index (κ1) is 12.4. The minimum Gasteiger partial charge on any atom is -0.237 e. The zero-order chi connectivity index (χ0) is 12.6. The molecular formula is C11H13ClN2O2S. The van der Waals surface area contributed by atoms with Crippen LogP contribution in [0.2, 0.25) is 0 Å². The maximum atomic E-state index is 12.4. The van der Waals surface area contributed by atoms with Crippen molar-refractivity contribution in [1.29, 1.82) is 0 Å². The Hall–Kier alpha value is -1.07. The molecule has 1 unspecified atom stereocenters. The van der Waals surface area contributed by atoms with Crippen LogP contribution in [0.25, 0.3) is 0 Å². The molecule has 17 heavy (non-hydrogen) atoms. The smallest absolute Gasteiger partial charge is 0.237 e. The van der Waals surface area contributed by atoms with Gasteiger partial charge in [-0.15, -0.1) is 0 Å². The fraction of sp³-hybridized carbons (Fsp3) is 0.364. The van der Waals surface area contributed by atoms with E-state index < -0.39 is 10.0 Å². The number of amidine groups is 1. The molecule has 4 nitrogen and oxygen atoms in total. The number of hydrogen-bond acceptors (Lipinski definition) is 3. The van der Waals surface area contributed by atoms with Crippen LogP contribution in [0.15, 0.2) is 34.2 Å². The van der Waals surface area contributed by atoms with E-state index in [1.165, 1.54) is 4.31 Å². The summed E-state index contributed by atoms with van der Waals surface area (Å²) in [4.78, 5) is 4.33. The van der Waals surface area contributed by atoms with E-state index in [0.29, 0.717) is 12.1 Å². The second-order valence-corrected chi connectivity index (χ2v) is 6.03. The maximum absolute atomic E-state index is 12.4. The van der Waals surface area contributed by atoms with Crippen LogP contribution in [0, 0.1) is 0 Å². The number of benzene rings is 1. The van der Waals surface area contributed by atoms with Gasteiger partial charge in [-0.25, -0.2) is 17.7 Å². The highest BCUT2D eigenvalue weighted by atomic mass is 35.5. The van der Waals surface area contributed by atoms with Crippen LogP contribution in [-0.4, -0.2) is 24.1 Å². The Balaban J connectivity index is 2.64. The molecule has 1 aliphatic rings. The van der Waals surface area contributed by atoms with Gasteiger partial charge in [-0.1, -0.05) is 19.1 Å². The van der Waals surface area contributed by atoms with Crippen molar-refractivity contribution in [3.05, 3.63) is 24.3 Å². The lowest BCUT2D eigenvalue weighted by molar-refractivity contribution is 0.441. The zero-order valence-electron chi connectivity index (χ0n) is 9.59. The van der Waals surface area contributed by atoms with Crippen molar-refractivity contribution in [2.24, 2.45) is 4.99 Å². The lowest BCUT2D eigenvalue weighted by atomic mass is 10.3. The van der Waals surface area contributed by atoms with E-state index >= 15 is 0 Å². The first-order valence-corrected chi connectivity index (χ1v) is 7.18. The quantitative estimate of drug-likeness (QED) is 0.777. The second-order valence-electron chi connectivity index (χ2n) is 3.91. The molecule has 2 rings (SSSR count). The molecule has 6 heteroatoms. The number of hydrogen-bond donors (Lipinski definition) is 0. The van der Waals surface area contributed by atoms with E-state index in [4.69, 9.17) is 11.6 Å². The van der Waals surface area contributed by atoms with E-state index in [9.17, 15) is 8.42 Å². The van der Waals surface area contributed by atoms with Crippen LogP contribution in [0.1, 0.15) is 20.3 Å². The van der Waals surface area contributed by atoms with Crippen molar-refractivity contribution in [2.75, 3.05) is 0 Å². The summed E-state index contributed by atoms with van der Waals surface area (Å²) in [6, 6.07) is 6.40. The number of rotatable bonds is 2. The number of sulfonamides is 1. The van der Waals surface area contributed by atoms with Crippen LogP contribution < -0.4 is 0 Å². The molecular weight excluding hydrogens is 260 g/mol. The SMILES string of the molecule is CCC(C)N1C(Cl)=Nc2ccccc2S1(=O)=O. The number of aliphatic imine (C=N–C) groups is 1. The third kappa shape index (κ3) is 1.93. The Kier molecular flexibility index (Phi) is 3.14. The summed E-state index contributed by atoms with van der Waals surface area (Å²) in [5.41, 5.74) is 0.400. The summed E-state index contributed by atoms with van der Waals surface area (Å²) < 4.78 is 25.9. The van der Waals surface area contributed by atoms with E-state index in [0.717, 1.165) is 0 Å². The molecule has 1 aliphatic heterocycles. The van der Waals surface area contributed by atoms with Crippen molar-refractivity contribution < 1.29 is 8.42 Å². The molecule has 0 spiro atoms. The van der Waals surface area contributed by atoms with Crippen molar-refractivity contribution in [3.63, 3.8) is 0 Å². The predicted octanol–water partition coefficient (Wildman–Crippen LogP) is 2.72. The number of para-hydroxylation sites is 1. The van der Waals surface area contributed by atoms with Crippen molar-refractivity contribution in [3.8, 4) is 0 Å². The standard InChI is InChI=1S/C11H13ClN2O2S/c1-3-8(2)14-11(12)13-9-6-4-5-7-10(9)17(14,15)16/h4-8H,3H2,1-2H3. The number of fused-ring (bicyclic) bond motifs is 1. The Morgan fingerprint density at radius 1 is 1.41 bits per heavy atom. The molecule has 0 aliphatic carbocycles. The first-order valence-electron chi connectivity index (χ1n) is 5.36. The van der Waals surface area contributed by atoms with Gasteiger partial charge in [-0.05, 0) is 37.1 Å². The minimum atomic E-state index is -3.57. The third-order valence-corrected chi connectivity index (χ3v) is 5.11. The molecule has 1 aromatic carbocycles. The van der Waals surface area contributed by atoms with Crippen LogP contribution in [-0.2, 0) is 10.0 Å². The van der Waals surface area contributed by atoms with Crippen LogP contribution in [0.4, 0.5) is 5.69 Å². The van der Waals surface area contributed by atoms with Crippen LogP contribution in [0.3, 0.4) is 0 Å². The highest BCUT2D eigenvalue weighted by Gasteiger charge is 2.35. The summed E-state index contributed by atoms with van der Waals surface area (Å²) in [7, 11) is -3.57. The predicted molar refractivity (Wildman–Crippen MR) is 68.2 cm³/mol. The molecule has 0 N–H and O–H groups in total. The molecule has 0 saturated carbocycles. The zero-order valence-corrected chi connectivity index (χ0v) is 11.2. The fourth-order valence-electron chi connectivity index (χ4n) is 1.71. The molecule has 1 heterocycles. The lowest BCUT2D eigenvalue weighted by Gasteiger charge is -2.31. The second kappa shape index (κ2) is 4.31. The summed E-state index contributed by atoms with van der Waals surface area (Å²) in [5, 5.41) is 0.0121. The molecule has 0 fully saturated rings. The van der Waals surface area contributed by atoms with Gasteiger partial charge in [-0.2, -0.15) is 0 Å². The molecule has 0 radical (unpaired) electrons. The highest BCUT2D eigenvalue weighted by Crippen LogP contribution is 2.34. The summed E-state index contributed by atoms with van der Waals surface area (Å²) in [6.07, 6.45) is 0.674. The Labute approximate surface area is 106 Å². The van der Waals surface area contributed by atoms with E-state index in [1.807, 2.05) is 13.8 Å². The number of nitrogens with zero attached hydrogens (tertiary/aromatic N) is 2. The van der Waals surface area contributed by atoms with Crippen molar-refractivity contribution in [2.45, 2.75) is 31.2 Å². The van der Waals surface area contributed by atoms with Crippen LogP contribution in [0.5, 0.6) is 0 Å². The fourth-order valence-corrected chi connectivity index (χ4v) is 3.94. The third-order valence-electron chi connectivity index (χ3n) is 2.79. The largest absolute Gasteiger partial charge is 0.268 e. The normalized spacial score (nSPS) is 19.5. The van der Waals surface area contributed by atoms with Gasteiger partial charge < -0.3 is 0 Å². The van der Waals surface area contributed by atoms with Gasteiger partial charge >= 0.3 is 0 Å². The first-order chi connectivity index (χ1) is 7.98. The van der Waals surface area contributed by atoms with Gasteiger partial charge in [-0.3, -0.25) is 0 Å². The van der Waals surface area contributed by atoms with Crippen molar-refractivity contribution >= 4 is 32.6 Å². The molecule has 0 amide bonds. The van der Waals surface area contributed by atoms with Crippen LogP contribution >= 0.6 is 11.6 Å². The van der Waals surface area contributed by atoms with Gasteiger partial charge in [0.15, 0.2) is 0 Å². The number of halogens is 1. The Bertz CT molecular complexity index is 569. The summed E-state index contributed by atoms with van der Waals surface area (Å²) >= 11 is 5.97. The maximum Gasteiger partial charge on any atom is 0.268 e. The average Bonchev–Trinajstić information content (AvgIpc) is 2.28. The minimum absolute atomic E-state index is 0.0121. The lowest BCUT2D eigenvalue weighted by Crippen LogP contribution is -2.42. The monoisotopic (exact) mass is 272 g/mol. The van der Waals surface area contributed by atoms with E-state index in [1.54, 1.807) is 24.3 Å². The van der Waals surface area contributed by atoms with Gasteiger partial charge in [0.2, 0.25) is 5.29 Å². The summed E-state index contributed by atoms with van der Waals surface area (Å²) in [5.74, 6) is 0. The molecule has 0 saturated heterocycles. The molecule has 1 atom stereocenters. The topological polar surface area (TPSA) is 49.7 Å². The van der Waals surface area contributed by atoms with Gasteiger partial charge in [0.05, 0.1) is 5.69 Å². The van der Waals surface area contributed by atoms with Gasteiger partial charge in [0.25, 0.3) is 10.0 Å². The van der Waals surface area contributed by atoms with Gasteiger partial charge in [0.1, 0.15) is 4.90 Å². The highest BCUT2D eigenvalue weighted by molar-refractivity contribution is 7.90. The van der Waals surface area contributed by atoms with E-state index in [-0.39, 0.29) is 16.2 Å². The summed E-state index contributed by atoms with van der Waals surface area (Å²) in [6.45, 7) is 3.72. The Morgan fingerprint density at radius 2 is 2.06 bits per heavy atom. The average molecular weight is 273 g/mol. The molecule has 0 bridgehead atoms. The molecule has 0 aromatic heterocycles. The molecule has 1 aromatic rings. The molecule has 92 valence electrons. The van der Waals surface area contributed by atoms with E-state index in [2.05, 4.69) is 4.99 Å². The van der Waals surface area contributed by atoms with Crippen molar-refractivity contribution in [1.82, 2.24) is 4.31 Å². The Morgan fingerprint density at radius 3 is 2.71 bits per heavy atom. The van der Waals surface area contributed by atoms with Gasteiger partial charge in [0, 0.05) is 6.04 Å².